The summed E-state index contributed by atoms with van der Waals surface area (Å²) in [4.78, 5) is 22.2. The summed E-state index contributed by atoms with van der Waals surface area (Å²) in [5.41, 5.74) is 2.47. The molecule has 4 N–H and O–H groups in total. The van der Waals surface area contributed by atoms with Crippen molar-refractivity contribution >= 4 is 17.5 Å². The first-order valence-corrected chi connectivity index (χ1v) is 6.58. The third-order valence-corrected chi connectivity index (χ3v) is 3.07. The second-order valence-electron chi connectivity index (χ2n) is 4.57. The number of carbonyl (C=O) groups is 1. The first-order valence-electron chi connectivity index (χ1n) is 6.58. The largest absolute Gasteiger partial charge is 0.377 e. The molecule has 20 heavy (non-hydrogen) atoms. The zero-order valence-corrected chi connectivity index (χ0v) is 11.6. The van der Waals surface area contributed by atoms with E-state index in [-0.39, 0.29) is 19.1 Å². The molecule has 0 unspecified atom stereocenters. The SMILES string of the molecule is COCc1nc(NN)cc(NCC(=O)N2CCCC2)n1. The van der Waals surface area contributed by atoms with Crippen molar-refractivity contribution in [3.8, 4) is 0 Å². The first kappa shape index (κ1) is 14.5. The zero-order chi connectivity index (χ0) is 14.4. The van der Waals surface area contributed by atoms with Crippen molar-refractivity contribution < 1.29 is 9.53 Å². The molecule has 1 aromatic rings. The lowest BCUT2D eigenvalue weighted by molar-refractivity contribution is -0.128. The Morgan fingerprint density at radius 2 is 2.10 bits per heavy atom. The number of amides is 1. The highest BCUT2D eigenvalue weighted by Gasteiger charge is 2.17. The maximum absolute atomic E-state index is 11.9. The number of likely N-dealkylation sites (tertiary alicyclic amines) is 1. The number of nitrogens with zero attached hydrogens (tertiary/aromatic N) is 3. The minimum absolute atomic E-state index is 0.0802. The summed E-state index contributed by atoms with van der Waals surface area (Å²) in [6.45, 7) is 2.18. The summed E-state index contributed by atoms with van der Waals surface area (Å²) in [5.74, 6) is 6.96. The molecule has 110 valence electrons. The van der Waals surface area contributed by atoms with Gasteiger partial charge in [-0.25, -0.2) is 15.8 Å². The fraction of sp³-hybridized carbons (Fsp3) is 0.583. The van der Waals surface area contributed by atoms with E-state index in [9.17, 15) is 4.79 Å². The molecular weight excluding hydrogens is 260 g/mol. The van der Waals surface area contributed by atoms with Gasteiger partial charge in [0.25, 0.3) is 0 Å². The van der Waals surface area contributed by atoms with Crippen molar-refractivity contribution in [1.29, 1.82) is 0 Å². The molecule has 1 aliphatic heterocycles. The topological polar surface area (TPSA) is 105 Å². The van der Waals surface area contributed by atoms with Crippen LogP contribution in [0, 0.1) is 0 Å². The molecule has 0 aliphatic carbocycles. The van der Waals surface area contributed by atoms with Gasteiger partial charge in [0.2, 0.25) is 5.91 Å². The molecule has 0 aromatic carbocycles. The molecule has 8 nitrogen and oxygen atoms in total. The lowest BCUT2D eigenvalue weighted by Gasteiger charge is -2.16. The fourth-order valence-electron chi connectivity index (χ4n) is 2.10. The van der Waals surface area contributed by atoms with Crippen molar-refractivity contribution in [2.45, 2.75) is 19.4 Å². The van der Waals surface area contributed by atoms with E-state index >= 15 is 0 Å². The van der Waals surface area contributed by atoms with Crippen LogP contribution in [0.5, 0.6) is 0 Å². The molecule has 1 amide bonds. The average molecular weight is 280 g/mol. The van der Waals surface area contributed by atoms with Gasteiger partial charge in [0, 0.05) is 26.3 Å². The van der Waals surface area contributed by atoms with Crippen LogP contribution in [0.2, 0.25) is 0 Å². The molecule has 8 heteroatoms. The Hall–Kier alpha value is -1.93. The van der Waals surface area contributed by atoms with Gasteiger partial charge in [-0.05, 0) is 12.8 Å². The van der Waals surface area contributed by atoms with Crippen LogP contribution < -0.4 is 16.6 Å². The van der Waals surface area contributed by atoms with E-state index in [1.165, 1.54) is 0 Å². The summed E-state index contributed by atoms with van der Waals surface area (Å²) in [6.07, 6.45) is 2.16. The number of nitrogens with one attached hydrogen (secondary N) is 2. The van der Waals surface area contributed by atoms with Crippen molar-refractivity contribution in [3.05, 3.63) is 11.9 Å². The van der Waals surface area contributed by atoms with Crippen LogP contribution in [-0.2, 0) is 16.1 Å². The molecule has 1 aliphatic rings. The third kappa shape index (κ3) is 3.78. The van der Waals surface area contributed by atoms with Gasteiger partial charge in [0.1, 0.15) is 18.2 Å². The lowest BCUT2D eigenvalue weighted by atomic mass is 10.4. The number of hydrazine groups is 1. The number of nitrogen functional groups attached to an aromatic ring is 1. The maximum Gasteiger partial charge on any atom is 0.241 e. The molecule has 0 radical (unpaired) electrons. The summed E-state index contributed by atoms with van der Waals surface area (Å²) in [7, 11) is 1.57. The Morgan fingerprint density at radius 1 is 1.40 bits per heavy atom. The summed E-state index contributed by atoms with van der Waals surface area (Å²) >= 11 is 0. The smallest absolute Gasteiger partial charge is 0.241 e. The molecular formula is C12H20N6O2. The van der Waals surface area contributed by atoms with Gasteiger partial charge in [0.15, 0.2) is 5.82 Å². The number of aromatic nitrogens is 2. The van der Waals surface area contributed by atoms with Crippen molar-refractivity contribution in [3.63, 3.8) is 0 Å². The number of hydrogen-bond acceptors (Lipinski definition) is 7. The summed E-state index contributed by atoms with van der Waals surface area (Å²) < 4.78 is 4.99. The van der Waals surface area contributed by atoms with Gasteiger partial charge >= 0.3 is 0 Å². The number of anilines is 2. The van der Waals surface area contributed by atoms with E-state index in [1.54, 1.807) is 13.2 Å². The van der Waals surface area contributed by atoms with E-state index in [0.717, 1.165) is 25.9 Å². The van der Waals surface area contributed by atoms with E-state index in [0.29, 0.717) is 17.5 Å². The molecule has 1 fully saturated rings. The van der Waals surface area contributed by atoms with Gasteiger partial charge in [-0.1, -0.05) is 0 Å². The Labute approximate surface area is 117 Å². The van der Waals surface area contributed by atoms with Crippen LogP contribution >= 0.6 is 0 Å². The molecule has 0 spiro atoms. The molecule has 0 saturated carbocycles. The minimum Gasteiger partial charge on any atom is -0.377 e. The number of carbonyl (C=O) groups excluding carboxylic acids is 1. The highest BCUT2D eigenvalue weighted by atomic mass is 16.5. The van der Waals surface area contributed by atoms with Gasteiger partial charge < -0.3 is 20.4 Å². The van der Waals surface area contributed by atoms with Crippen LogP contribution in [-0.4, -0.2) is 47.5 Å². The zero-order valence-electron chi connectivity index (χ0n) is 11.6. The molecule has 1 saturated heterocycles. The monoisotopic (exact) mass is 280 g/mol. The quantitative estimate of drug-likeness (QED) is 0.495. The Morgan fingerprint density at radius 3 is 2.75 bits per heavy atom. The Kier molecular flexibility index (Phi) is 5.08. The summed E-state index contributed by atoms with van der Waals surface area (Å²) in [6, 6.07) is 1.65. The van der Waals surface area contributed by atoms with Crippen molar-refractivity contribution in [1.82, 2.24) is 14.9 Å². The van der Waals surface area contributed by atoms with Crippen molar-refractivity contribution in [2.24, 2.45) is 5.84 Å². The van der Waals surface area contributed by atoms with Gasteiger partial charge in [-0.2, -0.15) is 0 Å². The molecule has 0 atom stereocenters. The number of hydrogen-bond donors (Lipinski definition) is 3. The standard InChI is InChI=1S/C12H20N6O2/c1-20-8-11-15-9(6-10(16-11)17-13)14-7-12(19)18-4-2-3-5-18/h6H,2-5,7-8,13H2,1H3,(H2,14,15,16,17). The first-order chi connectivity index (χ1) is 9.72. The fourth-order valence-corrected chi connectivity index (χ4v) is 2.10. The predicted molar refractivity (Wildman–Crippen MR) is 74.9 cm³/mol. The van der Waals surface area contributed by atoms with Crippen molar-refractivity contribution in [2.75, 3.05) is 37.5 Å². The van der Waals surface area contributed by atoms with Gasteiger partial charge in [-0.3, -0.25) is 4.79 Å². The van der Waals surface area contributed by atoms with Crippen LogP contribution in [0.4, 0.5) is 11.6 Å². The maximum atomic E-state index is 11.9. The van der Waals surface area contributed by atoms with Gasteiger partial charge in [-0.15, -0.1) is 0 Å². The van der Waals surface area contributed by atoms with Crippen LogP contribution in [0.3, 0.4) is 0 Å². The highest BCUT2D eigenvalue weighted by molar-refractivity contribution is 5.80. The van der Waals surface area contributed by atoms with Crippen LogP contribution in [0.25, 0.3) is 0 Å². The predicted octanol–water partition coefficient (Wildman–Crippen LogP) is -0.0571. The Bertz CT molecular complexity index is 461. The van der Waals surface area contributed by atoms with Crippen LogP contribution in [0.15, 0.2) is 6.07 Å². The molecule has 2 rings (SSSR count). The second-order valence-corrected chi connectivity index (χ2v) is 4.57. The van der Waals surface area contributed by atoms with E-state index in [1.807, 2.05) is 4.90 Å². The number of rotatable bonds is 6. The number of nitrogens with two attached hydrogens (primary N) is 1. The summed E-state index contributed by atoms with van der Waals surface area (Å²) in [5, 5.41) is 3.00. The average Bonchev–Trinajstić information content (AvgIpc) is 2.99. The molecule has 0 bridgehead atoms. The van der Waals surface area contributed by atoms with Gasteiger partial charge in [0.05, 0.1) is 6.54 Å². The van der Waals surface area contributed by atoms with E-state index in [4.69, 9.17) is 10.6 Å². The van der Waals surface area contributed by atoms with E-state index in [2.05, 4.69) is 20.7 Å². The highest BCUT2D eigenvalue weighted by Crippen LogP contribution is 2.12. The number of ether oxygens (including phenoxy) is 1. The Balaban J connectivity index is 1.97. The molecule has 2 heterocycles. The normalized spacial score (nSPS) is 14.4. The van der Waals surface area contributed by atoms with E-state index < -0.39 is 0 Å². The molecule has 1 aromatic heterocycles. The third-order valence-electron chi connectivity index (χ3n) is 3.07. The minimum atomic E-state index is 0.0802. The van der Waals surface area contributed by atoms with Crippen LogP contribution in [0.1, 0.15) is 18.7 Å². The number of methoxy groups -OCH3 is 1. The second kappa shape index (κ2) is 7.01. The lowest BCUT2D eigenvalue weighted by Crippen LogP contribution is -2.33.